The Kier molecular flexibility index (Phi) is 5.72. The third kappa shape index (κ3) is 4.01. The van der Waals surface area contributed by atoms with E-state index in [1.807, 2.05) is 31.2 Å². The van der Waals surface area contributed by atoms with Crippen molar-refractivity contribution in [2.75, 3.05) is 4.90 Å². The van der Waals surface area contributed by atoms with Crippen LogP contribution in [0.25, 0.3) is 11.5 Å². The van der Waals surface area contributed by atoms with Crippen molar-refractivity contribution >= 4 is 17.5 Å². The van der Waals surface area contributed by atoms with Crippen molar-refractivity contribution in [3.8, 4) is 11.5 Å². The summed E-state index contributed by atoms with van der Waals surface area (Å²) in [6.07, 6.45) is 2.24. The zero-order chi connectivity index (χ0) is 24.6. The molecule has 7 nitrogen and oxygen atoms in total. The number of halogens is 1. The van der Waals surface area contributed by atoms with Crippen LogP contribution in [0.3, 0.4) is 0 Å². The summed E-state index contributed by atoms with van der Waals surface area (Å²) in [6.45, 7) is 4.01. The normalized spacial score (nSPS) is 17.3. The van der Waals surface area contributed by atoms with Gasteiger partial charge in [-0.2, -0.15) is 5.10 Å². The maximum absolute atomic E-state index is 13.9. The van der Waals surface area contributed by atoms with E-state index in [-0.39, 0.29) is 30.7 Å². The van der Waals surface area contributed by atoms with Crippen LogP contribution in [0.15, 0.2) is 77.4 Å². The Labute approximate surface area is 202 Å². The first-order chi connectivity index (χ1) is 16.9. The number of nitrogens with one attached hydrogen (secondary N) is 1. The third-order valence-electron chi connectivity index (χ3n) is 6.37. The molecule has 2 amide bonds. The molecule has 0 bridgehead atoms. The number of carbonyl (C=O) groups excluding carboxylic acids is 2. The molecule has 0 radical (unpaired) electrons. The molecule has 0 saturated carbocycles. The molecule has 0 fully saturated rings. The third-order valence-corrected chi connectivity index (χ3v) is 6.37. The molecule has 0 saturated heterocycles. The highest BCUT2D eigenvalue weighted by atomic mass is 19.1. The van der Waals surface area contributed by atoms with Gasteiger partial charge in [-0.3, -0.25) is 19.2 Å². The van der Waals surface area contributed by atoms with Gasteiger partial charge in [0.25, 0.3) is 5.91 Å². The number of fused-ring (bicyclic) bond motifs is 1. The molecule has 8 heteroatoms. The number of hydrogen-bond donors (Lipinski definition) is 1. The second kappa shape index (κ2) is 8.87. The van der Waals surface area contributed by atoms with Crippen molar-refractivity contribution in [1.82, 2.24) is 15.1 Å². The van der Waals surface area contributed by atoms with Gasteiger partial charge in [-0.1, -0.05) is 37.3 Å². The van der Waals surface area contributed by atoms with E-state index >= 15 is 0 Å². The Morgan fingerprint density at radius 1 is 1.14 bits per heavy atom. The fourth-order valence-corrected chi connectivity index (χ4v) is 4.55. The molecule has 1 atom stereocenters. The van der Waals surface area contributed by atoms with Gasteiger partial charge < -0.3 is 9.73 Å². The van der Waals surface area contributed by atoms with E-state index < -0.39 is 5.54 Å². The van der Waals surface area contributed by atoms with Gasteiger partial charge in [0.1, 0.15) is 22.7 Å². The standard InChI is InChI=1S/C27H25FN4O3/c1-3-19-9-4-5-11-22(19)32-25(33)23-15-21(24-12-7-13-35-24)30-31(23)17-27(32,2)26(34)29-16-18-8-6-10-20(28)14-18/h4-15H,3,16-17H2,1-2H3,(H,29,34)/t27-/m1/s1. The van der Waals surface area contributed by atoms with E-state index in [2.05, 4.69) is 10.4 Å². The van der Waals surface area contributed by atoms with Crippen LogP contribution in [-0.2, 0) is 24.3 Å². The largest absolute Gasteiger partial charge is 0.463 e. The van der Waals surface area contributed by atoms with Gasteiger partial charge in [0, 0.05) is 18.3 Å². The summed E-state index contributed by atoms with van der Waals surface area (Å²) >= 11 is 0. The van der Waals surface area contributed by atoms with Crippen molar-refractivity contribution in [2.24, 2.45) is 0 Å². The van der Waals surface area contributed by atoms with E-state index in [0.29, 0.717) is 34.8 Å². The summed E-state index contributed by atoms with van der Waals surface area (Å²) < 4.78 is 20.7. The lowest BCUT2D eigenvalue weighted by atomic mass is 9.92. The topological polar surface area (TPSA) is 80.4 Å². The first-order valence-corrected chi connectivity index (χ1v) is 11.5. The van der Waals surface area contributed by atoms with Gasteiger partial charge in [0.05, 0.1) is 12.8 Å². The molecule has 0 aliphatic carbocycles. The zero-order valence-corrected chi connectivity index (χ0v) is 19.5. The summed E-state index contributed by atoms with van der Waals surface area (Å²) in [5, 5.41) is 7.47. The van der Waals surface area contributed by atoms with E-state index in [4.69, 9.17) is 4.42 Å². The number of amides is 2. The van der Waals surface area contributed by atoms with Crippen LogP contribution in [0.5, 0.6) is 0 Å². The molecule has 1 aliphatic heterocycles. The van der Waals surface area contributed by atoms with Crippen LogP contribution in [0.1, 0.15) is 35.5 Å². The van der Waals surface area contributed by atoms with Gasteiger partial charge in [-0.15, -0.1) is 0 Å². The lowest BCUT2D eigenvalue weighted by molar-refractivity contribution is -0.126. The van der Waals surface area contributed by atoms with E-state index in [9.17, 15) is 14.0 Å². The Balaban J connectivity index is 1.56. The number of aryl methyl sites for hydroxylation is 1. The average Bonchev–Trinajstić information content (AvgIpc) is 3.53. The lowest BCUT2D eigenvalue weighted by Gasteiger charge is -2.43. The molecule has 5 rings (SSSR count). The number of rotatable bonds is 6. The monoisotopic (exact) mass is 472 g/mol. The van der Waals surface area contributed by atoms with Crippen LogP contribution in [0, 0.1) is 5.82 Å². The van der Waals surface area contributed by atoms with E-state index in [1.54, 1.807) is 53.1 Å². The zero-order valence-electron chi connectivity index (χ0n) is 19.5. The summed E-state index contributed by atoms with van der Waals surface area (Å²) in [7, 11) is 0. The molecular formula is C27H25FN4O3. The van der Waals surface area contributed by atoms with Crippen molar-refractivity contribution < 1.29 is 18.4 Å². The summed E-state index contributed by atoms with van der Waals surface area (Å²) in [4.78, 5) is 29.2. The Morgan fingerprint density at radius 3 is 2.71 bits per heavy atom. The maximum Gasteiger partial charge on any atom is 0.277 e. The molecule has 1 N–H and O–H groups in total. The Bertz CT molecular complexity index is 1400. The van der Waals surface area contributed by atoms with Crippen molar-refractivity contribution in [2.45, 2.75) is 38.9 Å². The summed E-state index contributed by atoms with van der Waals surface area (Å²) in [5.74, 6) is -0.522. The van der Waals surface area contributed by atoms with Gasteiger partial charge in [-0.05, 0) is 54.8 Å². The number of benzene rings is 2. The van der Waals surface area contributed by atoms with Gasteiger partial charge in [-0.25, -0.2) is 4.39 Å². The molecule has 3 heterocycles. The van der Waals surface area contributed by atoms with Gasteiger partial charge >= 0.3 is 0 Å². The number of aromatic nitrogens is 2. The molecule has 4 aromatic rings. The van der Waals surface area contributed by atoms with E-state index in [1.165, 1.54) is 12.1 Å². The van der Waals surface area contributed by atoms with Crippen molar-refractivity contribution in [3.05, 3.63) is 95.6 Å². The first kappa shape index (κ1) is 22.6. The Morgan fingerprint density at radius 2 is 1.97 bits per heavy atom. The minimum absolute atomic E-state index is 0.132. The number of para-hydroxylation sites is 1. The maximum atomic E-state index is 13.9. The summed E-state index contributed by atoms with van der Waals surface area (Å²) in [6, 6.07) is 18.9. The average molecular weight is 473 g/mol. The highest BCUT2D eigenvalue weighted by molar-refractivity contribution is 6.12. The smallest absolute Gasteiger partial charge is 0.277 e. The number of hydrogen-bond acceptors (Lipinski definition) is 4. The van der Waals surface area contributed by atoms with Gasteiger partial charge in [0.2, 0.25) is 5.91 Å². The number of anilines is 1. The highest BCUT2D eigenvalue weighted by Crippen LogP contribution is 2.36. The number of carbonyl (C=O) groups is 2. The fraction of sp³-hybridized carbons (Fsp3) is 0.222. The molecule has 178 valence electrons. The molecular weight excluding hydrogens is 447 g/mol. The quantitative estimate of drug-likeness (QED) is 0.446. The highest BCUT2D eigenvalue weighted by Gasteiger charge is 2.49. The molecule has 2 aromatic heterocycles. The lowest BCUT2D eigenvalue weighted by Crippen LogP contribution is -2.64. The second-order valence-corrected chi connectivity index (χ2v) is 8.76. The predicted molar refractivity (Wildman–Crippen MR) is 129 cm³/mol. The Hall–Kier alpha value is -4.20. The summed E-state index contributed by atoms with van der Waals surface area (Å²) in [5.41, 5.74) is 1.86. The molecule has 1 aliphatic rings. The van der Waals surface area contributed by atoms with Crippen molar-refractivity contribution in [1.29, 1.82) is 0 Å². The number of nitrogens with zero attached hydrogens (tertiary/aromatic N) is 3. The number of furan rings is 1. The van der Waals surface area contributed by atoms with Crippen LogP contribution < -0.4 is 10.2 Å². The minimum Gasteiger partial charge on any atom is -0.463 e. The predicted octanol–water partition coefficient (Wildman–Crippen LogP) is 4.58. The van der Waals surface area contributed by atoms with E-state index in [0.717, 1.165) is 5.56 Å². The SMILES string of the molecule is CCc1ccccc1N1C(=O)c2cc(-c3ccco3)nn2C[C@]1(C)C(=O)NCc1cccc(F)c1. The van der Waals surface area contributed by atoms with Gasteiger partial charge in [0.15, 0.2) is 5.76 Å². The molecule has 35 heavy (non-hydrogen) atoms. The minimum atomic E-state index is -1.28. The van der Waals surface area contributed by atoms with Crippen LogP contribution >= 0.6 is 0 Å². The molecule has 0 spiro atoms. The first-order valence-electron chi connectivity index (χ1n) is 11.5. The second-order valence-electron chi connectivity index (χ2n) is 8.76. The van der Waals surface area contributed by atoms with Crippen LogP contribution in [0.4, 0.5) is 10.1 Å². The fourth-order valence-electron chi connectivity index (χ4n) is 4.55. The van der Waals surface area contributed by atoms with Crippen molar-refractivity contribution in [3.63, 3.8) is 0 Å². The van der Waals surface area contributed by atoms with Crippen LogP contribution in [-0.4, -0.2) is 27.1 Å². The molecule has 2 aromatic carbocycles. The molecule has 0 unspecified atom stereocenters. The van der Waals surface area contributed by atoms with Crippen LogP contribution in [0.2, 0.25) is 0 Å².